The molecule has 0 spiro atoms. The van der Waals surface area contributed by atoms with Gasteiger partial charge in [-0.15, -0.1) is 0 Å². The largest absolute Gasteiger partial charge is 0.487 e. The van der Waals surface area contributed by atoms with Crippen LogP contribution in [0.1, 0.15) is 13.3 Å². The van der Waals surface area contributed by atoms with Crippen molar-refractivity contribution in [3.8, 4) is 22.8 Å². The Morgan fingerprint density at radius 2 is 2.04 bits per heavy atom. The molecule has 0 saturated carbocycles. The van der Waals surface area contributed by atoms with E-state index in [0.717, 1.165) is 17.5 Å². The van der Waals surface area contributed by atoms with Gasteiger partial charge in [-0.3, -0.25) is 9.20 Å². The molecule has 0 aromatic carbocycles. The molecule has 0 atom stereocenters. The summed E-state index contributed by atoms with van der Waals surface area (Å²) in [6, 6.07) is 5.38. The Balaban J connectivity index is 2.08. The predicted octanol–water partition coefficient (Wildman–Crippen LogP) is 2.14. The van der Waals surface area contributed by atoms with Gasteiger partial charge < -0.3 is 15.2 Å². The summed E-state index contributed by atoms with van der Waals surface area (Å²) in [5.74, 6) is 0.604. The predicted molar refractivity (Wildman–Crippen MR) is 91.4 cm³/mol. The van der Waals surface area contributed by atoms with E-state index < -0.39 is 0 Å². The molecule has 3 aromatic rings. The summed E-state index contributed by atoms with van der Waals surface area (Å²) < 4.78 is 12.0. The number of hydrogen-bond acceptors (Lipinski definition) is 6. The lowest BCUT2D eigenvalue weighted by atomic mass is 10.1. The van der Waals surface area contributed by atoms with Gasteiger partial charge in [-0.2, -0.15) is 0 Å². The van der Waals surface area contributed by atoms with Gasteiger partial charge in [0.2, 0.25) is 11.6 Å². The Bertz CT molecular complexity index is 937. The second-order valence-corrected chi connectivity index (χ2v) is 5.24. The second kappa shape index (κ2) is 6.57. The first-order chi connectivity index (χ1) is 11.6. The number of anilines is 1. The number of rotatable bonds is 5. The highest BCUT2D eigenvalue weighted by Crippen LogP contribution is 2.25. The van der Waals surface area contributed by atoms with Gasteiger partial charge in [0, 0.05) is 23.5 Å². The highest BCUT2D eigenvalue weighted by atomic mass is 16.5. The Hall–Kier alpha value is -3.09. The van der Waals surface area contributed by atoms with Crippen molar-refractivity contribution in [2.75, 3.05) is 19.5 Å². The van der Waals surface area contributed by atoms with Crippen LogP contribution in [-0.2, 0) is 0 Å². The third kappa shape index (κ3) is 2.88. The lowest BCUT2D eigenvalue weighted by Gasteiger charge is -2.09. The first-order valence-electron chi connectivity index (χ1n) is 7.58. The molecular formula is C17H18N4O3. The molecule has 0 bridgehead atoms. The first kappa shape index (κ1) is 15.8. The number of ether oxygens (including phenoxy) is 2. The van der Waals surface area contributed by atoms with E-state index in [4.69, 9.17) is 15.2 Å². The van der Waals surface area contributed by atoms with Crippen LogP contribution < -0.4 is 20.8 Å². The fraction of sp³-hybridized carbons (Fsp3) is 0.235. The fourth-order valence-electron chi connectivity index (χ4n) is 2.34. The van der Waals surface area contributed by atoms with Gasteiger partial charge in [0.1, 0.15) is 5.65 Å². The summed E-state index contributed by atoms with van der Waals surface area (Å²) in [5.41, 5.74) is 8.20. The monoisotopic (exact) mass is 326 g/mol. The van der Waals surface area contributed by atoms with Crippen molar-refractivity contribution in [1.82, 2.24) is 14.4 Å². The SMILES string of the molecule is CCCOc1cnc2ccc(-c3cnc(OC)c(N)c3)cn2c1=O. The Morgan fingerprint density at radius 3 is 2.75 bits per heavy atom. The third-order valence-electron chi connectivity index (χ3n) is 3.54. The van der Waals surface area contributed by atoms with Gasteiger partial charge in [-0.05, 0) is 24.6 Å². The van der Waals surface area contributed by atoms with E-state index in [9.17, 15) is 4.79 Å². The van der Waals surface area contributed by atoms with E-state index in [1.54, 1.807) is 24.5 Å². The summed E-state index contributed by atoms with van der Waals surface area (Å²) >= 11 is 0. The quantitative estimate of drug-likeness (QED) is 0.772. The number of nitrogen functional groups attached to an aromatic ring is 1. The second-order valence-electron chi connectivity index (χ2n) is 5.24. The lowest BCUT2D eigenvalue weighted by molar-refractivity contribution is 0.311. The van der Waals surface area contributed by atoms with Crippen molar-refractivity contribution in [1.29, 1.82) is 0 Å². The standard InChI is InChI=1S/C17H18N4O3/c1-3-6-24-14-9-19-15-5-4-11(10-21(15)17(14)22)12-7-13(18)16(23-2)20-8-12/h4-5,7-10H,3,6,18H2,1-2H3. The molecule has 24 heavy (non-hydrogen) atoms. The molecule has 0 unspecified atom stereocenters. The molecule has 0 aliphatic rings. The number of hydrogen-bond donors (Lipinski definition) is 1. The van der Waals surface area contributed by atoms with E-state index in [0.29, 0.717) is 23.8 Å². The highest BCUT2D eigenvalue weighted by Gasteiger charge is 2.09. The molecule has 0 amide bonds. The van der Waals surface area contributed by atoms with Gasteiger partial charge in [0.15, 0.2) is 0 Å². The maximum absolute atomic E-state index is 12.5. The number of nitrogens with zero attached hydrogens (tertiary/aromatic N) is 3. The van der Waals surface area contributed by atoms with Crippen LogP contribution in [0.2, 0.25) is 0 Å². The smallest absolute Gasteiger partial charge is 0.300 e. The molecule has 0 aliphatic heterocycles. The van der Waals surface area contributed by atoms with Gasteiger partial charge in [-0.1, -0.05) is 6.92 Å². The molecule has 7 nitrogen and oxygen atoms in total. The molecule has 2 N–H and O–H groups in total. The summed E-state index contributed by atoms with van der Waals surface area (Å²) in [4.78, 5) is 20.9. The average molecular weight is 326 g/mol. The van der Waals surface area contributed by atoms with Gasteiger partial charge in [-0.25, -0.2) is 9.97 Å². The van der Waals surface area contributed by atoms with Crippen molar-refractivity contribution in [3.63, 3.8) is 0 Å². The number of fused-ring (bicyclic) bond motifs is 1. The minimum atomic E-state index is -0.246. The number of nitrogens with two attached hydrogens (primary N) is 1. The number of methoxy groups -OCH3 is 1. The van der Waals surface area contributed by atoms with Crippen LogP contribution in [0.3, 0.4) is 0 Å². The van der Waals surface area contributed by atoms with Crippen LogP contribution in [0.15, 0.2) is 41.6 Å². The molecule has 124 valence electrons. The van der Waals surface area contributed by atoms with Crippen LogP contribution in [0.4, 0.5) is 5.69 Å². The van der Waals surface area contributed by atoms with Crippen molar-refractivity contribution in [2.24, 2.45) is 0 Å². The zero-order valence-corrected chi connectivity index (χ0v) is 13.5. The molecule has 7 heteroatoms. The van der Waals surface area contributed by atoms with E-state index in [1.807, 2.05) is 13.0 Å². The maximum Gasteiger partial charge on any atom is 0.300 e. The van der Waals surface area contributed by atoms with E-state index in [2.05, 4.69) is 9.97 Å². The van der Waals surface area contributed by atoms with Crippen molar-refractivity contribution >= 4 is 11.3 Å². The molecule has 0 radical (unpaired) electrons. The van der Waals surface area contributed by atoms with Crippen molar-refractivity contribution in [3.05, 3.63) is 47.1 Å². The van der Waals surface area contributed by atoms with Crippen LogP contribution in [0, 0.1) is 0 Å². The third-order valence-corrected chi connectivity index (χ3v) is 3.54. The van der Waals surface area contributed by atoms with Crippen LogP contribution in [-0.4, -0.2) is 28.1 Å². The van der Waals surface area contributed by atoms with Crippen LogP contribution in [0.25, 0.3) is 16.8 Å². The first-order valence-corrected chi connectivity index (χ1v) is 7.58. The minimum absolute atomic E-state index is 0.235. The topological polar surface area (TPSA) is 91.7 Å². The summed E-state index contributed by atoms with van der Waals surface area (Å²) in [7, 11) is 1.51. The summed E-state index contributed by atoms with van der Waals surface area (Å²) in [5, 5.41) is 0. The highest BCUT2D eigenvalue weighted by molar-refractivity contribution is 5.69. The van der Waals surface area contributed by atoms with Crippen LogP contribution >= 0.6 is 0 Å². The molecule has 3 heterocycles. The fourth-order valence-corrected chi connectivity index (χ4v) is 2.34. The van der Waals surface area contributed by atoms with Gasteiger partial charge >= 0.3 is 0 Å². The lowest BCUT2D eigenvalue weighted by Crippen LogP contribution is -2.18. The zero-order valence-electron chi connectivity index (χ0n) is 13.5. The van der Waals surface area contributed by atoms with Crippen molar-refractivity contribution < 1.29 is 9.47 Å². The molecule has 0 aliphatic carbocycles. The summed E-state index contributed by atoms with van der Waals surface area (Å²) in [6.07, 6.45) is 5.62. The molecule has 0 fully saturated rings. The number of aromatic nitrogens is 3. The zero-order chi connectivity index (χ0) is 17.1. The molecule has 3 rings (SSSR count). The van der Waals surface area contributed by atoms with Gasteiger partial charge in [0.05, 0.1) is 25.6 Å². The van der Waals surface area contributed by atoms with Crippen LogP contribution in [0.5, 0.6) is 11.6 Å². The van der Waals surface area contributed by atoms with E-state index in [-0.39, 0.29) is 11.3 Å². The van der Waals surface area contributed by atoms with E-state index in [1.165, 1.54) is 17.7 Å². The Morgan fingerprint density at radius 1 is 1.21 bits per heavy atom. The minimum Gasteiger partial charge on any atom is -0.487 e. The Labute approximate surface area is 138 Å². The van der Waals surface area contributed by atoms with E-state index >= 15 is 0 Å². The summed E-state index contributed by atoms with van der Waals surface area (Å²) in [6.45, 7) is 2.45. The molecule has 3 aromatic heterocycles. The Kier molecular flexibility index (Phi) is 4.33. The normalized spacial score (nSPS) is 10.8. The van der Waals surface area contributed by atoms with Gasteiger partial charge in [0.25, 0.3) is 5.56 Å². The molecular weight excluding hydrogens is 308 g/mol. The van der Waals surface area contributed by atoms with Crippen molar-refractivity contribution in [2.45, 2.75) is 13.3 Å². The molecule has 0 saturated heterocycles. The number of pyridine rings is 2. The maximum atomic E-state index is 12.5. The average Bonchev–Trinajstić information content (AvgIpc) is 2.61.